The second-order valence-corrected chi connectivity index (χ2v) is 8.37. The summed E-state index contributed by atoms with van der Waals surface area (Å²) in [5.74, 6) is -0.346. The lowest BCUT2D eigenvalue weighted by atomic mass is 9.86. The Kier molecular flexibility index (Phi) is 6.98. The molecule has 2 N–H and O–H groups in total. The molecule has 28 heavy (non-hydrogen) atoms. The first-order valence-electron chi connectivity index (χ1n) is 9.07. The van der Waals surface area contributed by atoms with Crippen molar-refractivity contribution in [2.45, 2.75) is 45.6 Å². The summed E-state index contributed by atoms with van der Waals surface area (Å²) >= 11 is 0. The minimum Gasteiger partial charge on any atom is -0.370 e. The highest BCUT2D eigenvalue weighted by Gasteiger charge is 2.29. The van der Waals surface area contributed by atoms with Crippen LogP contribution in [0, 0.1) is 0 Å². The zero-order valence-electron chi connectivity index (χ0n) is 16.8. The lowest BCUT2D eigenvalue weighted by Gasteiger charge is -2.23. The highest BCUT2D eigenvalue weighted by molar-refractivity contribution is 7.84. The predicted molar refractivity (Wildman–Crippen MR) is 109 cm³/mol. The molecule has 6 nitrogen and oxygen atoms in total. The van der Waals surface area contributed by atoms with Crippen molar-refractivity contribution in [2.24, 2.45) is 5.14 Å². The largest absolute Gasteiger partial charge is 0.380 e. The molecule has 0 heterocycles. The van der Waals surface area contributed by atoms with E-state index in [2.05, 4.69) is 0 Å². The van der Waals surface area contributed by atoms with Crippen molar-refractivity contribution in [3.8, 4) is 5.75 Å². The molecule has 0 radical (unpaired) electrons. The zero-order chi connectivity index (χ0) is 21.1. The van der Waals surface area contributed by atoms with Crippen molar-refractivity contribution in [1.82, 2.24) is 0 Å². The molecule has 2 rings (SSSR count). The van der Waals surface area contributed by atoms with E-state index in [0.29, 0.717) is 22.3 Å². The van der Waals surface area contributed by atoms with Crippen molar-refractivity contribution in [3.63, 3.8) is 0 Å². The average molecular weight is 406 g/mol. The number of ether oxygens (including phenoxy) is 1. The third-order valence-electron chi connectivity index (χ3n) is 4.47. The van der Waals surface area contributed by atoms with Crippen LogP contribution in [0.3, 0.4) is 0 Å². The first-order valence-corrected chi connectivity index (χ1v) is 10.5. The molecule has 0 aliphatic rings. The molecule has 0 aliphatic heterocycles. The highest BCUT2D eigenvalue weighted by atomic mass is 32.2. The summed E-state index contributed by atoms with van der Waals surface area (Å²) in [7, 11) is -2.79. The second kappa shape index (κ2) is 8.86. The Hall–Kier alpha value is -2.22. The van der Waals surface area contributed by atoms with E-state index >= 15 is 0 Å². The monoisotopic (exact) mass is 405 g/mol. The predicted octanol–water partition coefficient (Wildman–Crippen LogP) is 4.09. The molecule has 0 saturated carbocycles. The molecule has 1 unspecified atom stereocenters. The molecule has 0 saturated heterocycles. The Balaban J connectivity index is 2.69. The maximum absolute atomic E-state index is 13.3. The molecule has 0 spiro atoms. The van der Waals surface area contributed by atoms with Crippen molar-refractivity contribution in [3.05, 3.63) is 64.7 Å². The van der Waals surface area contributed by atoms with Crippen molar-refractivity contribution >= 4 is 16.1 Å². The Morgan fingerprint density at radius 2 is 1.57 bits per heavy atom. The number of ketones is 1. The topological polar surface area (TPSA) is 95.7 Å². The summed E-state index contributed by atoms with van der Waals surface area (Å²) < 4.78 is 34.0. The number of carbonyl (C=O) groups excluding carboxylic acids is 1. The normalized spacial score (nSPS) is 13.0. The van der Waals surface area contributed by atoms with Gasteiger partial charge in [-0.3, -0.25) is 4.79 Å². The van der Waals surface area contributed by atoms with Gasteiger partial charge in [-0.05, 0) is 23.0 Å². The second-order valence-electron chi connectivity index (χ2n) is 7.22. The number of rotatable bonds is 8. The summed E-state index contributed by atoms with van der Waals surface area (Å²) in [5.41, 5.74) is 2.24. The van der Waals surface area contributed by atoms with Crippen LogP contribution in [-0.2, 0) is 15.0 Å². The van der Waals surface area contributed by atoms with Gasteiger partial charge in [0.25, 0.3) is 0 Å². The van der Waals surface area contributed by atoms with E-state index in [1.54, 1.807) is 12.1 Å². The fourth-order valence-corrected chi connectivity index (χ4v) is 3.65. The Bertz CT molecular complexity index is 937. The van der Waals surface area contributed by atoms with Gasteiger partial charge in [-0.1, -0.05) is 70.2 Å². The van der Waals surface area contributed by atoms with E-state index in [0.717, 1.165) is 0 Å². The van der Waals surface area contributed by atoms with E-state index in [4.69, 9.17) is 14.1 Å². The van der Waals surface area contributed by atoms with Crippen LogP contribution in [0.4, 0.5) is 0 Å². The highest BCUT2D eigenvalue weighted by Crippen LogP contribution is 2.39. The van der Waals surface area contributed by atoms with Crippen LogP contribution in [0.5, 0.6) is 5.75 Å². The van der Waals surface area contributed by atoms with Gasteiger partial charge in [0.15, 0.2) is 11.5 Å². The van der Waals surface area contributed by atoms with Crippen molar-refractivity contribution in [2.75, 3.05) is 7.11 Å². The van der Waals surface area contributed by atoms with E-state index < -0.39 is 16.4 Å². The first-order chi connectivity index (χ1) is 13.1. The fourth-order valence-electron chi connectivity index (χ4n) is 3.23. The Labute approximate surface area is 166 Å². The molecule has 0 amide bonds. The molecular weight excluding hydrogens is 378 g/mol. The zero-order valence-corrected chi connectivity index (χ0v) is 17.6. The van der Waals surface area contributed by atoms with E-state index in [-0.39, 0.29) is 23.4 Å². The third kappa shape index (κ3) is 4.98. The lowest BCUT2D eigenvalue weighted by molar-refractivity contribution is 0.0602. The molecule has 0 fully saturated rings. The maximum atomic E-state index is 13.3. The van der Waals surface area contributed by atoms with Crippen LogP contribution in [0.15, 0.2) is 42.5 Å². The lowest BCUT2D eigenvalue weighted by Crippen LogP contribution is -2.23. The third-order valence-corrected chi connectivity index (χ3v) is 4.87. The average Bonchev–Trinajstić information content (AvgIpc) is 2.60. The molecule has 1 atom stereocenters. The van der Waals surface area contributed by atoms with Gasteiger partial charge < -0.3 is 8.92 Å². The van der Waals surface area contributed by atoms with Crippen LogP contribution in [0.1, 0.15) is 72.7 Å². The number of methoxy groups -OCH3 is 1. The van der Waals surface area contributed by atoms with Gasteiger partial charge in [-0.25, -0.2) is 0 Å². The van der Waals surface area contributed by atoms with Gasteiger partial charge in [0, 0.05) is 18.2 Å². The minimum atomic E-state index is -4.25. The summed E-state index contributed by atoms with van der Waals surface area (Å²) in [4.78, 5) is 13.3. The number of carbonyl (C=O) groups is 1. The summed E-state index contributed by atoms with van der Waals surface area (Å²) in [6.45, 7) is 7.57. The first kappa shape index (κ1) is 22.1. The van der Waals surface area contributed by atoms with Gasteiger partial charge in [0.1, 0.15) is 6.10 Å². The fraction of sp³-hybridized carbons (Fsp3) is 0.381. The van der Waals surface area contributed by atoms with Crippen molar-refractivity contribution < 1.29 is 22.1 Å². The van der Waals surface area contributed by atoms with Crippen LogP contribution < -0.4 is 9.32 Å². The number of benzene rings is 2. The van der Waals surface area contributed by atoms with Crippen LogP contribution in [0.25, 0.3) is 0 Å². The van der Waals surface area contributed by atoms with Gasteiger partial charge in [0.05, 0.1) is 0 Å². The molecule has 0 aliphatic carbocycles. The van der Waals surface area contributed by atoms with Crippen LogP contribution >= 0.6 is 0 Å². The summed E-state index contributed by atoms with van der Waals surface area (Å²) in [6.07, 6.45) is -0.814. The van der Waals surface area contributed by atoms with E-state index in [9.17, 15) is 13.2 Å². The molecule has 2 aromatic carbocycles. The number of hydrogen-bond donors (Lipinski definition) is 1. The number of hydrogen-bond acceptors (Lipinski definition) is 5. The van der Waals surface area contributed by atoms with Gasteiger partial charge >= 0.3 is 10.3 Å². The Morgan fingerprint density at radius 1 is 0.964 bits per heavy atom. The molecular formula is C21H27NO5S. The van der Waals surface area contributed by atoms with Crippen molar-refractivity contribution in [1.29, 1.82) is 0 Å². The quantitative estimate of drug-likeness (QED) is 0.668. The SMILES string of the molecule is COC(C(=O)c1ccc(C(C)C)c(OS(N)(=O)=O)c1C(C)C)c1ccccc1. The Morgan fingerprint density at radius 3 is 2.04 bits per heavy atom. The molecule has 152 valence electrons. The molecule has 2 aromatic rings. The van der Waals surface area contributed by atoms with E-state index in [1.807, 2.05) is 58.0 Å². The van der Waals surface area contributed by atoms with Gasteiger partial charge in [-0.15, -0.1) is 0 Å². The van der Waals surface area contributed by atoms with E-state index in [1.165, 1.54) is 7.11 Å². The van der Waals surface area contributed by atoms with Crippen LogP contribution in [0.2, 0.25) is 0 Å². The van der Waals surface area contributed by atoms with Crippen LogP contribution in [-0.4, -0.2) is 21.3 Å². The maximum Gasteiger partial charge on any atom is 0.380 e. The van der Waals surface area contributed by atoms with Gasteiger partial charge in [0.2, 0.25) is 0 Å². The minimum absolute atomic E-state index is 0.0225. The molecule has 0 bridgehead atoms. The molecule has 7 heteroatoms. The number of nitrogens with two attached hydrogens (primary N) is 1. The molecule has 0 aromatic heterocycles. The van der Waals surface area contributed by atoms with Gasteiger partial charge in [-0.2, -0.15) is 13.6 Å². The smallest absolute Gasteiger partial charge is 0.370 e. The summed E-state index contributed by atoms with van der Waals surface area (Å²) in [5, 5.41) is 5.15. The summed E-state index contributed by atoms with van der Waals surface area (Å²) in [6, 6.07) is 12.6. The standard InChI is InChI=1S/C21H27NO5S/c1-13(2)16-11-12-17(18(14(3)4)21(16)27-28(22,24)25)19(23)20(26-5)15-9-7-6-8-10-15/h6-14,20H,1-5H3,(H2,22,24,25). The number of Topliss-reactive ketones (excluding diaryl/α,β-unsaturated/α-hetero) is 1.